The first-order valence-corrected chi connectivity index (χ1v) is 5.46. The summed E-state index contributed by atoms with van der Waals surface area (Å²) in [5.41, 5.74) is 8.86. The van der Waals surface area contributed by atoms with E-state index in [4.69, 9.17) is 11.0 Å². The van der Waals surface area contributed by atoms with Gasteiger partial charge in [-0.15, -0.1) is 0 Å². The van der Waals surface area contributed by atoms with Gasteiger partial charge in [0.05, 0.1) is 30.7 Å². The van der Waals surface area contributed by atoms with Crippen molar-refractivity contribution in [1.82, 2.24) is 9.55 Å². The van der Waals surface area contributed by atoms with Gasteiger partial charge in [0, 0.05) is 11.7 Å². The van der Waals surface area contributed by atoms with Gasteiger partial charge in [-0.05, 0) is 24.6 Å². The zero-order valence-corrected chi connectivity index (χ0v) is 9.67. The molecule has 0 unspecified atom stereocenters. The molecule has 1 heterocycles. The van der Waals surface area contributed by atoms with E-state index in [9.17, 15) is 0 Å². The Morgan fingerprint density at radius 2 is 2.12 bits per heavy atom. The molecule has 0 bridgehead atoms. The van der Waals surface area contributed by atoms with E-state index < -0.39 is 0 Å². The van der Waals surface area contributed by atoms with Crippen molar-refractivity contribution in [3.63, 3.8) is 0 Å². The summed E-state index contributed by atoms with van der Waals surface area (Å²) >= 11 is 0. The molecule has 17 heavy (non-hydrogen) atoms. The lowest BCUT2D eigenvalue weighted by atomic mass is 10.1. The lowest BCUT2D eigenvalue weighted by molar-refractivity contribution is 0.752. The van der Waals surface area contributed by atoms with Crippen molar-refractivity contribution >= 4 is 0 Å². The Morgan fingerprint density at radius 1 is 1.41 bits per heavy atom. The average Bonchev–Trinajstić information content (AvgIpc) is 2.79. The Bertz CT molecular complexity index is 531. The van der Waals surface area contributed by atoms with Gasteiger partial charge in [0.25, 0.3) is 0 Å². The highest BCUT2D eigenvalue weighted by Gasteiger charge is 2.07. The zero-order chi connectivity index (χ0) is 12.3. The summed E-state index contributed by atoms with van der Waals surface area (Å²) in [5.74, 6) is 0. The van der Waals surface area contributed by atoms with Crippen molar-refractivity contribution in [3.8, 4) is 11.8 Å². The van der Waals surface area contributed by atoms with E-state index in [1.807, 2.05) is 35.8 Å². The lowest BCUT2D eigenvalue weighted by Gasteiger charge is -2.10. The third-order valence-electron chi connectivity index (χ3n) is 2.63. The number of aromatic nitrogens is 2. The van der Waals surface area contributed by atoms with Gasteiger partial charge in [0.1, 0.15) is 0 Å². The first kappa shape index (κ1) is 11.4. The van der Waals surface area contributed by atoms with E-state index in [0.29, 0.717) is 6.42 Å². The topological polar surface area (TPSA) is 67.6 Å². The molecule has 86 valence electrons. The first-order chi connectivity index (χ1) is 8.22. The highest BCUT2D eigenvalue weighted by molar-refractivity contribution is 5.37. The van der Waals surface area contributed by atoms with E-state index in [1.165, 1.54) is 0 Å². The van der Waals surface area contributed by atoms with Gasteiger partial charge in [-0.2, -0.15) is 5.26 Å². The molecule has 4 heteroatoms. The molecule has 0 saturated heterocycles. The number of nitriles is 1. The number of nitrogens with two attached hydrogens (primary N) is 1. The van der Waals surface area contributed by atoms with Crippen molar-refractivity contribution in [1.29, 1.82) is 5.26 Å². The molecule has 1 aromatic heterocycles. The second kappa shape index (κ2) is 4.81. The molecule has 0 aliphatic rings. The van der Waals surface area contributed by atoms with Crippen LogP contribution < -0.4 is 5.73 Å². The molecule has 0 spiro atoms. The molecule has 0 aliphatic heterocycles. The van der Waals surface area contributed by atoms with Gasteiger partial charge in [-0.3, -0.25) is 0 Å². The molecule has 0 radical (unpaired) electrons. The fourth-order valence-electron chi connectivity index (χ4n) is 1.72. The normalized spacial score (nSPS) is 12.1. The molecule has 0 aliphatic carbocycles. The largest absolute Gasteiger partial charge is 0.323 e. The van der Waals surface area contributed by atoms with Crippen LogP contribution in [0.25, 0.3) is 5.69 Å². The molecular formula is C13H14N4. The predicted octanol–water partition coefficient (Wildman–Crippen LogP) is 1.96. The number of hydrogen-bond donors (Lipinski definition) is 1. The quantitative estimate of drug-likeness (QED) is 0.869. The Hall–Kier alpha value is -2.12. The highest BCUT2D eigenvalue weighted by atomic mass is 15.1. The second-order valence-electron chi connectivity index (χ2n) is 3.98. The van der Waals surface area contributed by atoms with Crippen LogP contribution in [0.1, 0.15) is 24.2 Å². The molecule has 0 amide bonds. The van der Waals surface area contributed by atoms with Crippen LogP contribution in [0.5, 0.6) is 0 Å². The van der Waals surface area contributed by atoms with Gasteiger partial charge in [0.15, 0.2) is 0 Å². The van der Waals surface area contributed by atoms with Crippen molar-refractivity contribution in [3.05, 3.63) is 48.0 Å². The van der Waals surface area contributed by atoms with E-state index in [2.05, 4.69) is 11.1 Å². The summed E-state index contributed by atoms with van der Waals surface area (Å²) in [6, 6.07) is 9.91. The molecule has 1 atom stereocenters. The van der Waals surface area contributed by atoms with Crippen molar-refractivity contribution in [2.24, 2.45) is 5.73 Å². The van der Waals surface area contributed by atoms with Gasteiger partial charge in [-0.25, -0.2) is 4.98 Å². The standard InChI is InChI=1S/C13H14N4/c1-10(15)13-8-16-9-17(13)12-4-2-11(3-5-12)6-7-14/h2-5,8-10H,6,15H2,1H3/t10-/m1/s1. The van der Waals surface area contributed by atoms with Crippen LogP contribution in [0.3, 0.4) is 0 Å². The monoisotopic (exact) mass is 226 g/mol. The molecule has 0 fully saturated rings. The van der Waals surface area contributed by atoms with E-state index in [-0.39, 0.29) is 6.04 Å². The fraction of sp³-hybridized carbons (Fsp3) is 0.231. The smallest absolute Gasteiger partial charge is 0.0994 e. The Morgan fingerprint density at radius 3 is 2.71 bits per heavy atom. The van der Waals surface area contributed by atoms with E-state index in [0.717, 1.165) is 16.9 Å². The van der Waals surface area contributed by atoms with Crippen LogP contribution in [-0.4, -0.2) is 9.55 Å². The van der Waals surface area contributed by atoms with Crippen LogP contribution in [0.2, 0.25) is 0 Å². The average molecular weight is 226 g/mol. The Labute approximate surface area is 100 Å². The summed E-state index contributed by atoms with van der Waals surface area (Å²) in [7, 11) is 0. The predicted molar refractivity (Wildman–Crippen MR) is 65.5 cm³/mol. The molecular weight excluding hydrogens is 212 g/mol. The third-order valence-corrected chi connectivity index (χ3v) is 2.63. The number of rotatable bonds is 3. The van der Waals surface area contributed by atoms with Crippen LogP contribution >= 0.6 is 0 Å². The lowest BCUT2D eigenvalue weighted by Crippen LogP contribution is -2.10. The summed E-state index contributed by atoms with van der Waals surface area (Å²) < 4.78 is 1.96. The minimum atomic E-state index is -0.0590. The van der Waals surface area contributed by atoms with Crippen LogP contribution in [0, 0.1) is 11.3 Å². The molecule has 2 rings (SSSR count). The number of nitrogens with zero attached hydrogens (tertiary/aromatic N) is 3. The maximum atomic E-state index is 8.61. The molecule has 2 N–H and O–H groups in total. The Balaban J connectivity index is 2.34. The number of benzene rings is 1. The Kier molecular flexibility index (Phi) is 3.22. The first-order valence-electron chi connectivity index (χ1n) is 5.46. The van der Waals surface area contributed by atoms with E-state index >= 15 is 0 Å². The highest BCUT2D eigenvalue weighted by Crippen LogP contribution is 2.16. The minimum Gasteiger partial charge on any atom is -0.323 e. The van der Waals surface area contributed by atoms with Crippen LogP contribution in [0.4, 0.5) is 0 Å². The minimum absolute atomic E-state index is 0.0590. The number of imidazole rings is 1. The number of hydrogen-bond acceptors (Lipinski definition) is 3. The van der Waals surface area contributed by atoms with Gasteiger partial charge in [0.2, 0.25) is 0 Å². The van der Waals surface area contributed by atoms with Gasteiger partial charge < -0.3 is 10.3 Å². The summed E-state index contributed by atoms with van der Waals surface area (Å²) in [5, 5.41) is 8.61. The van der Waals surface area contributed by atoms with Crippen molar-refractivity contribution in [2.75, 3.05) is 0 Å². The van der Waals surface area contributed by atoms with Crippen LogP contribution in [0.15, 0.2) is 36.8 Å². The third kappa shape index (κ3) is 2.35. The molecule has 1 aromatic carbocycles. The SMILES string of the molecule is C[C@@H](N)c1cncn1-c1ccc(CC#N)cc1. The molecule has 0 saturated carbocycles. The maximum Gasteiger partial charge on any atom is 0.0994 e. The fourth-order valence-corrected chi connectivity index (χ4v) is 1.72. The van der Waals surface area contributed by atoms with Crippen molar-refractivity contribution < 1.29 is 0 Å². The van der Waals surface area contributed by atoms with Crippen molar-refractivity contribution in [2.45, 2.75) is 19.4 Å². The van der Waals surface area contributed by atoms with E-state index in [1.54, 1.807) is 12.5 Å². The zero-order valence-electron chi connectivity index (χ0n) is 9.67. The second-order valence-corrected chi connectivity index (χ2v) is 3.98. The summed E-state index contributed by atoms with van der Waals surface area (Å²) in [6.07, 6.45) is 3.95. The summed E-state index contributed by atoms with van der Waals surface area (Å²) in [6.45, 7) is 1.93. The maximum absolute atomic E-state index is 8.61. The molecule has 2 aromatic rings. The van der Waals surface area contributed by atoms with Gasteiger partial charge in [-0.1, -0.05) is 12.1 Å². The molecule has 4 nitrogen and oxygen atoms in total. The van der Waals surface area contributed by atoms with Crippen LogP contribution in [-0.2, 0) is 6.42 Å². The summed E-state index contributed by atoms with van der Waals surface area (Å²) in [4.78, 5) is 4.11. The van der Waals surface area contributed by atoms with Gasteiger partial charge >= 0.3 is 0 Å².